The Labute approximate surface area is 168 Å². The Balaban J connectivity index is 1.52. The van der Waals surface area contributed by atoms with E-state index in [1.807, 2.05) is 36.9 Å². The Hall–Kier alpha value is -1.61. The summed E-state index contributed by atoms with van der Waals surface area (Å²) in [6.45, 7) is 1.21. The quantitative estimate of drug-likeness (QED) is 0.570. The van der Waals surface area contributed by atoms with Crippen LogP contribution < -0.4 is 5.41 Å². The first-order chi connectivity index (χ1) is 13.2. The van der Waals surface area contributed by atoms with E-state index in [0.29, 0.717) is 18.4 Å². The van der Waals surface area contributed by atoms with Crippen LogP contribution in [0.25, 0.3) is 0 Å². The van der Waals surface area contributed by atoms with Crippen LogP contribution >= 0.6 is 23.5 Å². The lowest BCUT2D eigenvalue weighted by molar-refractivity contribution is -0.109. The zero-order valence-electron chi connectivity index (χ0n) is 15.6. The highest BCUT2D eigenvalue weighted by Crippen LogP contribution is 2.32. The van der Waals surface area contributed by atoms with Gasteiger partial charge in [0.05, 0.1) is 37.3 Å². The molecule has 0 amide bonds. The van der Waals surface area contributed by atoms with Gasteiger partial charge in [-0.15, -0.1) is 0 Å². The Kier molecular flexibility index (Phi) is 7.51. The minimum Gasteiger partial charge on any atom is -0.374 e. The first-order valence-electron chi connectivity index (χ1n) is 8.81. The summed E-state index contributed by atoms with van der Waals surface area (Å²) in [6, 6.07) is 10.2. The summed E-state index contributed by atoms with van der Waals surface area (Å²) >= 11 is 2.93. The molecule has 0 radical (unpaired) electrons. The molecule has 27 heavy (non-hydrogen) atoms. The minimum atomic E-state index is 0.0153. The van der Waals surface area contributed by atoms with Crippen molar-refractivity contribution in [3.63, 3.8) is 0 Å². The summed E-state index contributed by atoms with van der Waals surface area (Å²) in [5.74, 6) is 0.724. The topological polar surface area (TPSA) is 85.1 Å². The fourth-order valence-electron chi connectivity index (χ4n) is 2.89. The number of nitrogens with one attached hydrogen (secondary N) is 1. The van der Waals surface area contributed by atoms with Gasteiger partial charge in [-0.25, -0.2) is 4.98 Å². The molecule has 1 aliphatic heterocycles. The first kappa shape index (κ1) is 20.1. The van der Waals surface area contributed by atoms with Crippen LogP contribution in [0.4, 0.5) is 0 Å². The molecule has 2 atom stereocenters. The number of hydrogen-bond donors (Lipinski definition) is 2. The normalized spacial score (nSPS) is 20.1. The van der Waals surface area contributed by atoms with E-state index in [4.69, 9.17) is 14.9 Å². The number of nitrogens with zero attached hydrogens (tertiary/aromatic N) is 2. The lowest BCUT2D eigenvalue weighted by Crippen LogP contribution is -2.36. The molecule has 1 fully saturated rings. The van der Waals surface area contributed by atoms with E-state index in [-0.39, 0.29) is 12.2 Å². The smallest absolute Gasteiger partial charge is 0.351 e. The predicted molar refractivity (Wildman–Crippen MR) is 112 cm³/mol. The lowest BCUT2D eigenvalue weighted by Gasteiger charge is -2.13. The fourth-order valence-corrected chi connectivity index (χ4v) is 3.62. The average Bonchev–Trinajstić information content (AvgIpc) is 3.36. The molecule has 3 rings (SSSR count). The molecule has 6 nitrogen and oxygen atoms in total. The van der Waals surface area contributed by atoms with Crippen LogP contribution in [-0.2, 0) is 16.1 Å². The fraction of sp³-hybridized carbons (Fsp3) is 0.421. The van der Waals surface area contributed by atoms with Crippen LogP contribution in [0.15, 0.2) is 41.5 Å². The molecule has 1 aromatic heterocycles. The van der Waals surface area contributed by atoms with Crippen molar-refractivity contribution in [3.05, 3.63) is 53.6 Å². The number of aromatic amines is 1. The molecule has 8 heteroatoms. The number of aromatic nitrogens is 2. The lowest BCUT2D eigenvalue weighted by atomic mass is 10.1. The summed E-state index contributed by atoms with van der Waals surface area (Å²) in [5, 5.41) is 7.11. The second-order valence-corrected chi connectivity index (χ2v) is 7.80. The number of thioether (sulfide) groups is 2. The number of imidazole rings is 1. The van der Waals surface area contributed by atoms with Gasteiger partial charge in [0.15, 0.2) is 5.82 Å². The summed E-state index contributed by atoms with van der Waals surface area (Å²) in [7, 11) is 0. The zero-order chi connectivity index (χ0) is 19.1. The molecule has 1 aliphatic rings. The molecule has 1 saturated heterocycles. The van der Waals surface area contributed by atoms with Crippen LogP contribution in [0.1, 0.15) is 36.0 Å². The van der Waals surface area contributed by atoms with Crippen molar-refractivity contribution < 1.29 is 14.9 Å². The molecule has 1 aromatic carbocycles. The molecule has 144 valence electrons. The van der Waals surface area contributed by atoms with Crippen molar-refractivity contribution >= 4 is 33.7 Å². The Morgan fingerprint density at radius 2 is 2.11 bits per heavy atom. The van der Waals surface area contributed by atoms with E-state index in [1.165, 1.54) is 29.1 Å². The van der Waals surface area contributed by atoms with Gasteiger partial charge in [0.25, 0.3) is 5.04 Å². The highest BCUT2D eigenvalue weighted by Gasteiger charge is 2.28. The third-order valence-corrected chi connectivity index (χ3v) is 5.46. The van der Waals surface area contributed by atoms with Crippen molar-refractivity contribution in [3.8, 4) is 0 Å². The number of amidine groups is 1. The van der Waals surface area contributed by atoms with Crippen molar-refractivity contribution in [2.45, 2.75) is 31.7 Å². The van der Waals surface area contributed by atoms with Crippen LogP contribution in [0.3, 0.4) is 0 Å². The third-order valence-electron chi connectivity index (χ3n) is 4.28. The highest BCUT2D eigenvalue weighted by molar-refractivity contribution is 8.15. The Morgan fingerprint density at radius 1 is 1.30 bits per heavy atom. The summed E-state index contributed by atoms with van der Waals surface area (Å²) in [4.78, 5) is 12.2. The number of hydrogen-bond acceptors (Lipinski definition) is 5. The molecule has 0 spiro atoms. The Bertz CT molecular complexity index is 779. The summed E-state index contributed by atoms with van der Waals surface area (Å²) in [5.41, 5.74) is 2.15. The number of ether oxygens (including phenoxy) is 2. The standard InChI is InChI=1S/C19H24N4O2S2/c1-26-18(23-19(20)27-2)17-21-10-15(22-17)16-9-8-14(25-16)12-24-11-13-6-4-3-5-7-13/h3-7,10,14,16,20H,8-9,11-12H2,1-2H3,(H,21,22)/p+1/t14-,16+/m0/s1. The number of benzene rings is 1. The first-order valence-corrected chi connectivity index (χ1v) is 11.3. The van der Waals surface area contributed by atoms with E-state index in [2.05, 4.69) is 27.1 Å². The Morgan fingerprint density at radius 3 is 2.85 bits per heavy atom. The van der Waals surface area contributed by atoms with Gasteiger partial charge in [-0.3, -0.25) is 5.41 Å². The van der Waals surface area contributed by atoms with Gasteiger partial charge in [-0.2, -0.15) is 0 Å². The van der Waals surface area contributed by atoms with Gasteiger partial charge in [0.2, 0.25) is 0 Å². The maximum Gasteiger partial charge on any atom is 0.351 e. The summed E-state index contributed by atoms with van der Waals surface area (Å²) < 4.78 is 11.9. The number of rotatable bonds is 6. The molecule has 0 unspecified atom stereocenters. The largest absolute Gasteiger partial charge is 0.374 e. The molecular formula is C19H25N4O2S2+. The van der Waals surface area contributed by atoms with Crippen LogP contribution in [0, 0.1) is 0 Å². The van der Waals surface area contributed by atoms with E-state index in [9.17, 15) is 0 Å². The third kappa shape index (κ3) is 5.68. The van der Waals surface area contributed by atoms with Gasteiger partial charge in [0.1, 0.15) is 0 Å². The highest BCUT2D eigenvalue weighted by atomic mass is 32.2. The molecule has 2 heterocycles. The monoisotopic (exact) mass is 405 g/mol. The molecule has 0 bridgehead atoms. The van der Waals surface area contributed by atoms with E-state index >= 15 is 0 Å². The molecule has 2 aromatic rings. The number of aliphatic imine (C=N–C) groups is 1. The van der Waals surface area contributed by atoms with Crippen LogP contribution in [0.2, 0.25) is 0 Å². The van der Waals surface area contributed by atoms with Crippen LogP contribution in [-0.4, -0.2) is 45.4 Å². The van der Waals surface area contributed by atoms with Gasteiger partial charge in [-0.1, -0.05) is 42.1 Å². The second-order valence-electron chi connectivity index (χ2n) is 6.18. The van der Waals surface area contributed by atoms with Crippen molar-refractivity contribution in [2.24, 2.45) is 4.99 Å². The van der Waals surface area contributed by atoms with E-state index < -0.39 is 0 Å². The maximum atomic E-state index is 6.14. The van der Waals surface area contributed by atoms with Crippen molar-refractivity contribution in [1.82, 2.24) is 9.97 Å². The molecule has 0 aliphatic carbocycles. The van der Waals surface area contributed by atoms with E-state index in [1.54, 1.807) is 0 Å². The van der Waals surface area contributed by atoms with Gasteiger partial charge in [-0.05, 0) is 47.7 Å². The maximum absolute atomic E-state index is 6.14. The summed E-state index contributed by atoms with van der Waals surface area (Å²) in [6.07, 6.45) is 7.74. The van der Waals surface area contributed by atoms with Gasteiger partial charge in [0, 0.05) is 0 Å². The van der Waals surface area contributed by atoms with Crippen LogP contribution in [0.5, 0.6) is 0 Å². The molecule has 0 saturated carbocycles. The average molecular weight is 406 g/mol. The zero-order valence-corrected chi connectivity index (χ0v) is 17.2. The van der Waals surface area contributed by atoms with Gasteiger partial charge >= 0.3 is 5.17 Å². The SMILES string of the molecule is CSC(=[NH2+])N=C(SC)c1ncc([C@H]2CC[C@@H](COCc3ccccc3)O2)[nH]1. The molecular weight excluding hydrogens is 380 g/mol. The molecule has 3 N–H and O–H groups in total. The van der Waals surface area contributed by atoms with E-state index in [0.717, 1.165) is 29.4 Å². The number of H-pyrrole nitrogens is 1. The second kappa shape index (κ2) is 10.1. The van der Waals surface area contributed by atoms with Gasteiger partial charge < -0.3 is 14.5 Å². The minimum absolute atomic E-state index is 0.0153. The number of nitrogens with two attached hydrogens (primary N) is 1. The van der Waals surface area contributed by atoms with Crippen molar-refractivity contribution in [2.75, 3.05) is 19.1 Å². The predicted octanol–water partition coefficient (Wildman–Crippen LogP) is 2.43. The van der Waals surface area contributed by atoms with Crippen molar-refractivity contribution in [1.29, 1.82) is 0 Å².